The van der Waals surface area contributed by atoms with Crippen LogP contribution in [0.1, 0.15) is 25.3 Å². The minimum atomic E-state index is -0.252. The molecule has 0 saturated heterocycles. The van der Waals surface area contributed by atoms with E-state index in [0.29, 0.717) is 26.1 Å². The van der Waals surface area contributed by atoms with Crippen molar-refractivity contribution in [2.24, 2.45) is 0 Å². The molecule has 0 aliphatic rings. The average Bonchev–Trinajstić information content (AvgIpc) is 2.47. The van der Waals surface area contributed by atoms with Crippen molar-refractivity contribution in [1.82, 2.24) is 10.2 Å². The molecule has 1 amide bonds. The summed E-state index contributed by atoms with van der Waals surface area (Å²) in [6, 6.07) is 6.29. The van der Waals surface area contributed by atoms with Crippen LogP contribution in [-0.2, 0) is 11.2 Å². The third kappa shape index (κ3) is 7.78. The van der Waals surface area contributed by atoms with Gasteiger partial charge in [0.2, 0.25) is 5.91 Å². The zero-order valence-corrected chi connectivity index (χ0v) is 12.6. The van der Waals surface area contributed by atoms with Crippen LogP contribution in [0.3, 0.4) is 0 Å². The highest BCUT2D eigenvalue weighted by Crippen LogP contribution is 2.02. The van der Waals surface area contributed by atoms with Crippen molar-refractivity contribution in [2.45, 2.75) is 26.2 Å². The molecule has 1 aromatic rings. The van der Waals surface area contributed by atoms with E-state index in [2.05, 4.69) is 12.2 Å². The first-order valence-electron chi connectivity index (χ1n) is 7.50. The fourth-order valence-electron chi connectivity index (χ4n) is 2.05. The molecule has 4 nitrogen and oxygen atoms in total. The van der Waals surface area contributed by atoms with Crippen molar-refractivity contribution in [3.05, 3.63) is 35.6 Å². The van der Waals surface area contributed by atoms with Gasteiger partial charge in [-0.25, -0.2) is 4.39 Å². The summed E-state index contributed by atoms with van der Waals surface area (Å²) in [4.78, 5) is 13.8. The van der Waals surface area contributed by atoms with E-state index >= 15 is 0 Å². The Bertz CT molecular complexity index is 409. The van der Waals surface area contributed by atoms with Crippen LogP contribution in [0.4, 0.5) is 4.39 Å². The number of aliphatic hydroxyl groups is 1. The fourth-order valence-corrected chi connectivity index (χ4v) is 2.05. The lowest BCUT2D eigenvalue weighted by molar-refractivity contribution is -0.122. The molecular weight excluding hydrogens is 271 g/mol. The van der Waals surface area contributed by atoms with E-state index in [9.17, 15) is 9.18 Å². The molecule has 5 heteroatoms. The maximum atomic E-state index is 12.8. The molecule has 2 N–H and O–H groups in total. The van der Waals surface area contributed by atoms with Gasteiger partial charge in [0.1, 0.15) is 5.82 Å². The molecule has 0 spiro atoms. The van der Waals surface area contributed by atoms with Crippen molar-refractivity contribution in [2.75, 3.05) is 32.8 Å². The summed E-state index contributed by atoms with van der Waals surface area (Å²) in [5.74, 6) is -0.292. The number of hydrogen-bond donors (Lipinski definition) is 2. The minimum Gasteiger partial charge on any atom is -0.395 e. The topological polar surface area (TPSA) is 52.6 Å². The quantitative estimate of drug-likeness (QED) is 0.689. The van der Waals surface area contributed by atoms with Gasteiger partial charge in [-0.05, 0) is 37.1 Å². The summed E-state index contributed by atoms with van der Waals surface area (Å²) >= 11 is 0. The summed E-state index contributed by atoms with van der Waals surface area (Å²) < 4.78 is 12.8. The lowest BCUT2D eigenvalue weighted by Gasteiger charge is -2.20. The van der Waals surface area contributed by atoms with Gasteiger partial charge in [-0.2, -0.15) is 0 Å². The Labute approximate surface area is 126 Å². The number of carbonyl (C=O) groups excluding carboxylic acids is 1. The molecule has 0 unspecified atom stereocenters. The van der Waals surface area contributed by atoms with E-state index in [-0.39, 0.29) is 18.3 Å². The molecule has 0 atom stereocenters. The Morgan fingerprint density at radius 2 is 2.00 bits per heavy atom. The molecule has 0 bridgehead atoms. The standard InChI is InChI=1S/C16H25FN2O2/c1-2-3-10-19(11-12-20)13-16(21)18-9-8-14-4-6-15(17)7-5-14/h4-7,20H,2-3,8-13H2,1H3,(H,18,21). The second kappa shape index (κ2) is 10.3. The first-order valence-corrected chi connectivity index (χ1v) is 7.50. The van der Waals surface area contributed by atoms with E-state index < -0.39 is 0 Å². The van der Waals surface area contributed by atoms with E-state index in [1.165, 1.54) is 12.1 Å². The smallest absolute Gasteiger partial charge is 0.234 e. The van der Waals surface area contributed by atoms with E-state index in [0.717, 1.165) is 24.9 Å². The monoisotopic (exact) mass is 296 g/mol. The minimum absolute atomic E-state index is 0.0401. The highest BCUT2D eigenvalue weighted by molar-refractivity contribution is 5.78. The molecule has 21 heavy (non-hydrogen) atoms. The van der Waals surface area contributed by atoms with Crippen LogP contribution in [0.25, 0.3) is 0 Å². The van der Waals surface area contributed by atoms with Crippen molar-refractivity contribution in [1.29, 1.82) is 0 Å². The molecule has 1 aromatic carbocycles. The number of carbonyl (C=O) groups is 1. The molecule has 0 radical (unpaired) electrons. The molecule has 0 heterocycles. The van der Waals surface area contributed by atoms with E-state index in [1.807, 2.05) is 4.90 Å². The predicted molar refractivity (Wildman–Crippen MR) is 81.5 cm³/mol. The zero-order valence-electron chi connectivity index (χ0n) is 12.6. The van der Waals surface area contributed by atoms with Crippen LogP contribution < -0.4 is 5.32 Å². The van der Waals surface area contributed by atoms with Crippen LogP contribution in [0.15, 0.2) is 24.3 Å². The van der Waals surface area contributed by atoms with Gasteiger partial charge < -0.3 is 10.4 Å². The average molecular weight is 296 g/mol. The SMILES string of the molecule is CCCCN(CCO)CC(=O)NCCc1ccc(F)cc1. The Balaban J connectivity index is 2.26. The molecule has 0 aliphatic carbocycles. The number of amides is 1. The van der Waals surface area contributed by atoms with Crippen molar-refractivity contribution < 1.29 is 14.3 Å². The van der Waals surface area contributed by atoms with Gasteiger partial charge in [0.05, 0.1) is 13.2 Å². The van der Waals surface area contributed by atoms with Crippen LogP contribution in [0, 0.1) is 5.82 Å². The van der Waals surface area contributed by atoms with E-state index in [4.69, 9.17) is 5.11 Å². The fraction of sp³-hybridized carbons (Fsp3) is 0.562. The van der Waals surface area contributed by atoms with Crippen LogP contribution in [0.5, 0.6) is 0 Å². The van der Waals surface area contributed by atoms with Gasteiger partial charge in [0.15, 0.2) is 0 Å². The van der Waals surface area contributed by atoms with Gasteiger partial charge in [0.25, 0.3) is 0 Å². The zero-order chi connectivity index (χ0) is 15.5. The number of halogens is 1. The number of benzene rings is 1. The summed E-state index contributed by atoms with van der Waals surface area (Å²) in [5.41, 5.74) is 0.995. The van der Waals surface area contributed by atoms with Gasteiger partial charge in [-0.15, -0.1) is 0 Å². The Morgan fingerprint density at radius 1 is 1.29 bits per heavy atom. The number of aliphatic hydroxyl groups excluding tert-OH is 1. The van der Waals surface area contributed by atoms with Crippen LogP contribution in [0.2, 0.25) is 0 Å². The van der Waals surface area contributed by atoms with Gasteiger partial charge in [-0.3, -0.25) is 9.69 Å². The molecular formula is C16H25FN2O2. The maximum Gasteiger partial charge on any atom is 0.234 e. The predicted octanol–water partition coefficient (Wildman–Crippen LogP) is 1.58. The summed E-state index contributed by atoms with van der Waals surface area (Å²) in [6.45, 7) is 4.34. The third-order valence-electron chi connectivity index (χ3n) is 3.26. The number of rotatable bonds is 10. The third-order valence-corrected chi connectivity index (χ3v) is 3.26. The second-order valence-corrected chi connectivity index (χ2v) is 5.08. The number of nitrogens with one attached hydrogen (secondary N) is 1. The first-order chi connectivity index (χ1) is 10.2. The van der Waals surface area contributed by atoms with Crippen molar-refractivity contribution >= 4 is 5.91 Å². The highest BCUT2D eigenvalue weighted by atomic mass is 19.1. The first kappa shape index (κ1) is 17.6. The number of unbranched alkanes of at least 4 members (excludes halogenated alkanes) is 1. The molecule has 0 aliphatic heterocycles. The normalized spacial score (nSPS) is 10.9. The molecule has 0 aromatic heterocycles. The number of hydrogen-bond acceptors (Lipinski definition) is 3. The summed E-state index contributed by atoms with van der Waals surface area (Å²) in [6.07, 6.45) is 2.76. The highest BCUT2D eigenvalue weighted by Gasteiger charge is 2.09. The maximum absolute atomic E-state index is 12.8. The lowest BCUT2D eigenvalue weighted by Crippen LogP contribution is -2.39. The molecule has 0 fully saturated rings. The summed E-state index contributed by atoms with van der Waals surface area (Å²) in [5, 5.41) is 11.8. The van der Waals surface area contributed by atoms with Crippen LogP contribution in [-0.4, -0.2) is 48.7 Å². The lowest BCUT2D eigenvalue weighted by atomic mass is 10.1. The van der Waals surface area contributed by atoms with E-state index in [1.54, 1.807) is 12.1 Å². The Morgan fingerprint density at radius 3 is 2.62 bits per heavy atom. The number of nitrogens with zero attached hydrogens (tertiary/aromatic N) is 1. The van der Waals surface area contributed by atoms with Crippen molar-refractivity contribution in [3.8, 4) is 0 Å². The van der Waals surface area contributed by atoms with Gasteiger partial charge >= 0.3 is 0 Å². The van der Waals surface area contributed by atoms with Crippen molar-refractivity contribution in [3.63, 3.8) is 0 Å². The molecule has 1 rings (SSSR count). The van der Waals surface area contributed by atoms with Gasteiger partial charge in [0, 0.05) is 13.1 Å². The Hall–Kier alpha value is -1.46. The second-order valence-electron chi connectivity index (χ2n) is 5.08. The molecule has 118 valence electrons. The largest absolute Gasteiger partial charge is 0.395 e. The summed E-state index contributed by atoms with van der Waals surface area (Å²) in [7, 11) is 0. The van der Waals surface area contributed by atoms with Crippen LogP contribution >= 0.6 is 0 Å². The molecule has 0 saturated carbocycles. The Kier molecular flexibility index (Phi) is 8.62. The van der Waals surface area contributed by atoms with Gasteiger partial charge in [-0.1, -0.05) is 25.5 Å².